The van der Waals surface area contributed by atoms with Crippen molar-refractivity contribution in [2.75, 3.05) is 5.32 Å². The highest BCUT2D eigenvalue weighted by molar-refractivity contribution is 5.98. The number of nitrogens with zero attached hydrogens (tertiary/aromatic N) is 3. The lowest BCUT2D eigenvalue weighted by Gasteiger charge is -2.32. The minimum absolute atomic E-state index is 0.0427. The highest BCUT2D eigenvalue weighted by Gasteiger charge is 2.35. The number of nitrogens with two attached hydrogens (primary N) is 1. The summed E-state index contributed by atoms with van der Waals surface area (Å²) in [6.07, 6.45) is 2.09. The number of hydrogen-bond donors (Lipinski definition) is 3. The summed E-state index contributed by atoms with van der Waals surface area (Å²) in [5.74, 6) is -1.30. The van der Waals surface area contributed by atoms with Gasteiger partial charge in [-0.15, -0.1) is 0 Å². The summed E-state index contributed by atoms with van der Waals surface area (Å²) in [6.45, 7) is 3.67. The number of halogens is 1. The Labute approximate surface area is 179 Å². The fourth-order valence-corrected chi connectivity index (χ4v) is 3.60. The number of primary amides is 1. The first-order chi connectivity index (χ1) is 14.8. The largest absolute Gasteiger partial charge is 0.446 e. The lowest BCUT2D eigenvalue weighted by atomic mass is 9.83. The SMILES string of the molecule is CC(C)NC(=O)O[C@@H]1CC[C@H](n2cc(C(N)=O)c(Nc3ccc(F)cc3)n2)[C@@H](C#N)C1. The number of carbonyl (C=O) groups excluding carboxylic acids is 2. The van der Waals surface area contributed by atoms with E-state index < -0.39 is 17.9 Å². The van der Waals surface area contributed by atoms with Crippen LogP contribution in [0.2, 0.25) is 0 Å². The lowest BCUT2D eigenvalue weighted by Crippen LogP contribution is -2.37. The summed E-state index contributed by atoms with van der Waals surface area (Å²) >= 11 is 0. The molecule has 0 unspecified atom stereocenters. The van der Waals surface area contributed by atoms with Crippen LogP contribution >= 0.6 is 0 Å². The molecule has 3 atom stereocenters. The zero-order chi connectivity index (χ0) is 22.5. The zero-order valence-corrected chi connectivity index (χ0v) is 17.3. The molecule has 1 aromatic carbocycles. The standard InChI is InChI=1S/C21H25FN6O3/c1-12(2)25-21(30)31-16-7-8-18(13(9-16)10-23)28-11-17(19(24)29)20(27-28)26-15-5-3-14(22)4-6-15/h3-6,11-13,16,18H,7-9H2,1-2H3,(H2,24,29)(H,25,30)(H,26,27)/t13-,16-,18+/m1/s1. The summed E-state index contributed by atoms with van der Waals surface area (Å²) in [4.78, 5) is 23.8. The Morgan fingerprint density at radius 3 is 2.65 bits per heavy atom. The zero-order valence-electron chi connectivity index (χ0n) is 17.3. The molecule has 164 valence electrons. The number of rotatable bonds is 6. The molecule has 1 aliphatic rings. The van der Waals surface area contributed by atoms with Crippen molar-refractivity contribution >= 4 is 23.5 Å². The van der Waals surface area contributed by atoms with Crippen molar-refractivity contribution in [2.24, 2.45) is 11.7 Å². The lowest BCUT2D eigenvalue weighted by molar-refractivity contribution is 0.0504. The van der Waals surface area contributed by atoms with E-state index in [2.05, 4.69) is 21.8 Å². The Morgan fingerprint density at radius 1 is 1.32 bits per heavy atom. The molecule has 1 saturated carbocycles. The number of benzene rings is 1. The van der Waals surface area contributed by atoms with E-state index in [4.69, 9.17) is 10.5 Å². The van der Waals surface area contributed by atoms with Crippen molar-refractivity contribution in [3.63, 3.8) is 0 Å². The monoisotopic (exact) mass is 428 g/mol. The maximum absolute atomic E-state index is 13.1. The molecule has 3 rings (SSSR count). The second-order valence-corrected chi connectivity index (χ2v) is 7.81. The Morgan fingerprint density at radius 2 is 2.03 bits per heavy atom. The molecule has 1 fully saturated rings. The number of hydrogen-bond acceptors (Lipinski definition) is 6. The molecule has 0 spiro atoms. The number of carbonyl (C=O) groups is 2. The number of alkyl carbamates (subject to hydrolysis) is 1. The minimum Gasteiger partial charge on any atom is -0.446 e. The van der Waals surface area contributed by atoms with E-state index in [1.165, 1.54) is 30.5 Å². The van der Waals surface area contributed by atoms with E-state index in [1.807, 2.05) is 13.8 Å². The van der Waals surface area contributed by atoms with E-state index in [0.717, 1.165) is 0 Å². The van der Waals surface area contributed by atoms with E-state index in [1.54, 1.807) is 4.68 Å². The maximum Gasteiger partial charge on any atom is 0.407 e. The van der Waals surface area contributed by atoms with Gasteiger partial charge in [0.05, 0.1) is 18.0 Å². The summed E-state index contributed by atoms with van der Waals surface area (Å²) in [7, 11) is 0. The van der Waals surface area contributed by atoms with Crippen molar-refractivity contribution < 1.29 is 18.7 Å². The van der Waals surface area contributed by atoms with Crippen molar-refractivity contribution in [1.29, 1.82) is 5.26 Å². The second kappa shape index (κ2) is 9.47. The van der Waals surface area contributed by atoms with Crippen LogP contribution < -0.4 is 16.4 Å². The fraction of sp³-hybridized carbons (Fsp3) is 0.429. The second-order valence-electron chi connectivity index (χ2n) is 7.81. The van der Waals surface area contributed by atoms with Gasteiger partial charge in [-0.3, -0.25) is 9.48 Å². The molecular weight excluding hydrogens is 403 g/mol. The molecule has 1 heterocycles. The van der Waals surface area contributed by atoms with E-state index in [0.29, 0.717) is 24.9 Å². The molecule has 0 aliphatic heterocycles. The van der Waals surface area contributed by atoms with E-state index >= 15 is 0 Å². The van der Waals surface area contributed by atoms with Crippen LogP contribution in [0.25, 0.3) is 0 Å². The van der Waals surface area contributed by atoms with Gasteiger partial charge in [-0.25, -0.2) is 9.18 Å². The van der Waals surface area contributed by atoms with Crippen molar-refractivity contribution in [3.05, 3.63) is 41.8 Å². The highest BCUT2D eigenvalue weighted by Crippen LogP contribution is 2.36. The topological polar surface area (TPSA) is 135 Å². The van der Waals surface area contributed by atoms with Gasteiger partial charge in [0.2, 0.25) is 0 Å². The van der Waals surface area contributed by atoms with Gasteiger partial charge in [-0.1, -0.05) is 0 Å². The minimum atomic E-state index is -0.674. The summed E-state index contributed by atoms with van der Waals surface area (Å²) in [5.41, 5.74) is 6.20. The predicted molar refractivity (Wildman–Crippen MR) is 111 cm³/mol. The quantitative estimate of drug-likeness (QED) is 0.646. The van der Waals surface area contributed by atoms with Crippen molar-refractivity contribution in [2.45, 2.75) is 51.3 Å². The van der Waals surface area contributed by atoms with Gasteiger partial charge in [0.1, 0.15) is 17.5 Å². The number of anilines is 2. The van der Waals surface area contributed by atoms with Crippen molar-refractivity contribution in [1.82, 2.24) is 15.1 Å². The Hall–Kier alpha value is -3.61. The Kier molecular flexibility index (Phi) is 6.74. The normalized spacial score (nSPS) is 20.7. The van der Waals surface area contributed by atoms with Crippen LogP contribution in [-0.4, -0.2) is 33.9 Å². The van der Waals surface area contributed by atoms with Crippen LogP contribution in [-0.2, 0) is 4.74 Å². The first kappa shape index (κ1) is 22.1. The van der Waals surface area contributed by atoms with E-state index in [-0.39, 0.29) is 35.4 Å². The van der Waals surface area contributed by atoms with Crippen molar-refractivity contribution in [3.8, 4) is 6.07 Å². The predicted octanol–water partition coefficient (Wildman–Crippen LogP) is 3.23. The summed E-state index contributed by atoms with van der Waals surface area (Å²) in [5, 5.41) is 19.8. The van der Waals surface area contributed by atoms with Crippen LogP contribution in [0.1, 0.15) is 49.5 Å². The summed E-state index contributed by atoms with van der Waals surface area (Å²) in [6, 6.07) is 7.51. The molecule has 0 saturated heterocycles. The summed E-state index contributed by atoms with van der Waals surface area (Å²) < 4.78 is 20.1. The van der Waals surface area contributed by atoms with Gasteiger partial charge in [0, 0.05) is 24.3 Å². The van der Waals surface area contributed by atoms with Crippen LogP contribution in [0, 0.1) is 23.1 Å². The van der Waals surface area contributed by atoms with Gasteiger partial charge in [0.15, 0.2) is 5.82 Å². The van der Waals surface area contributed by atoms with Crippen LogP contribution in [0.5, 0.6) is 0 Å². The van der Waals surface area contributed by atoms with Crippen LogP contribution in [0.15, 0.2) is 30.5 Å². The maximum atomic E-state index is 13.1. The van der Waals surface area contributed by atoms with Crippen LogP contribution in [0.4, 0.5) is 20.7 Å². The molecule has 31 heavy (non-hydrogen) atoms. The average molecular weight is 428 g/mol. The fourth-order valence-electron chi connectivity index (χ4n) is 3.60. The number of nitrogens with one attached hydrogen (secondary N) is 2. The molecule has 1 aromatic heterocycles. The first-order valence-electron chi connectivity index (χ1n) is 10.0. The van der Waals surface area contributed by atoms with Gasteiger partial charge in [0.25, 0.3) is 5.91 Å². The van der Waals surface area contributed by atoms with Crippen LogP contribution in [0.3, 0.4) is 0 Å². The molecule has 0 bridgehead atoms. The van der Waals surface area contributed by atoms with E-state index in [9.17, 15) is 19.2 Å². The third-order valence-corrected chi connectivity index (χ3v) is 5.06. The first-order valence-corrected chi connectivity index (χ1v) is 10.0. The molecule has 9 nitrogen and oxygen atoms in total. The number of amides is 2. The highest BCUT2D eigenvalue weighted by atomic mass is 19.1. The number of nitriles is 1. The van der Waals surface area contributed by atoms with Gasteiger partial charge >= 0.3 is 6.09 Å². The number of aromatic nitrogens is 2. The van der Waals surface area contributed by atoms with Gasteiger partial charge in [-0.05, 0) is 51.0 Å². The third-order valence-electron chi connectivity index (χ3n) is 5.06. The smallest absolute Gasteiger partial charge is 0.407 e. The van der Waals surface area contributed by atoms with Gasteiger partial charge in [-0.2, -0.15) is 10.4 Å². The van der Waals surface area contributed by atoms with Gasteiger partial charge < -0.3 is 21.1 Å². The molecule has 10 heteroatoms. The molecule has 2 amide bonds. The molecule has 4 N–H and O–H groups in total. The Balaban J connectivity index is 1.76. The average Bonchev–Trinajstić information content (AvgIpc) is 3.12. The Bertz CT molecular complexity index is 982. The third kappa shape index (κ3) is 5.51. The molecule has 1 aliphatic carbocycles. The molecule has 0 radical (unpaired) electrons. The molecule has 2 aromatic rings. The molecular formula is C21H25FN6O3. The number of ether oxygens (including phenoxy) is 1.